The van der Waals surface area contributed by atoms with Gasteiger partial charge in [-0.25, -0.2) is 9.07 Å². The van der Waals surface area contributed by atoms with Crippen molar-refractivity contribution < 1.29 is 9.18 Å². The van der Waals surface area contributed by atoms with Crippen molar-refractivity contribution in [1.29, 1.82) is 0 Å². The average Bonchev–Trinajstić information content (AvgIpc) is 3.23. The molecular formula is C24H27FN4O. The molecule has 3 aromatic rings. The molecule has 0 spiro atoms. The van der Waals surface area contributed by atoms with E-state index < -0.39 is 0 Å². The molecule has 6 heteroatoms. The Labute approximate surface area is 176 Å². The van der Waals surface area contributed by atoms with Gasteiger partial charge in [-0.1, -0.05) is 43.3 Å². The topological polar surface area (TPSA) is 50.2 Å². The summed E-state index contributed by atoms with van der Waals surface area (Å²) in [6.45, 7) is 5.88. The average molecular weight is 407 g/mol. The Balaban J connectivity index is 1.40. The number of halogens is 1. The Morgan fingerprint density at radius 2 is 1.90 bits per heavy atom. The van der Waals surface area contributed by atoms with Gasteiger partial charge in [-0.3, -0.25) is 9.69 Å². The summed E-state index contributed by atoms with van der Waals surface area (Å²) in [4.78, 5) is 15.1. The van der Waals surface area contributed by atoms with E-state index in [1.165, 1.54) is 29.2 Å². The maximum atomic E-state index is 14.0. The lowest BCUT2D eigenvalue weighted by atomic mass is 9.99. The van der Waals surface area contributed by atoms with Gasteiger partial charge >= 0.3 is 0 Å². The summed E-state index contributed by atoms with van der Waals surface area (Å²) in [7, 11) is 0. The zero-order valence-corrected chi connectivity index (χ0v) is 17.2. The molecule has 1 saturated heterocycles. The monoisotopic (exact) mass is 406 g/mol. The van der Waals surface area contributed by atoms with E-state index in [-0.39, 0.29) is 17.4 Å². The summed E-state index contributed by atoms with van der Waals surface area (Å²) >= 11 is 0. The standard InChI is InChI=1S/C24H27FN4O/c1-18-7-6-13-28(16-18)17-20-9-3-2-8-19(20)15-26-24(30)22-12-14-29(27-22)23-11-5-4-10-21(23)25/h2-5,8-12,14,18H,6-7,13,15-17H2,1H3,(H,26,30). The van der Waals surface area contributed by atoms with Crippen molar-refractivity contribution in [2.75, 3.05) is 13.1 Å². The molecule has 1 amide bonds. The zero-order chi connectivity index (χ0) is 20.9. The number of nitrogens with zero attached hydrogens (tertiary/aromatic N) is 3. The molecule has 1 aromatic heterocycles. The summed E-state index contributed by atoms with van der Waals surface area (Å²) in [6, 6.07) is 16.2. The van der Waals surface area contributed by atoms with Gasteiger partial charge in [0, 0.05) is 25.8 Å². The lowest BCUT2D eigenvalue weighted by Gasteiger charge is -2.31. The van der Waals surface area contributed by atoms with Gasteiger partial charge in [0.25, 0.3) is 5.91 Å². The lowest BCUT2D eigenvalue weighted by Crippen LogP contribution is -2.34. The van der Waals surface area contributed by atoms with Gasteiger partial charge in [-0.05, 0) is 54.6 Å². The van der Waals surface area contributed by atoms with Crippen LogP contribution in [0.2, 0.25) is 0 Å². The number of carbonyl (C=O) groups excluding carboxylic acids is 1. The first-order chi connectivity index (χ1) is 14.6. The molecule has 156 valence electrons. The first-order valence-corrected chi connectivity index (χ1v) is 10.5. The van der Waals surface area contributed by atoms with Crippen LogP contribution in [-0.4, -0.2) is 33.7 Å². The molecule has 1 fully saturated rings. The van der Waals surface area contributed by atoms with Crippen LogP contribution in [-0.2, 0) is 13.1 Å². The molecule has 4 rings (SSSR count). The molecule has 2 heterocycles. The highest BCUT2D eigenvalue weighted by atomic mass is 19.1. The second-order valence-corrected chi connectivity index (χ2v) is 8.03. The molecule has 0 bridgehead atoms. The molecule has 1 aliphatic heterocycles. The predicted octanol–water partition coefficient (Wildman–Crippen LogP) is 4.17. The Morgan fingerprint density at radius 3 is 2.70 bits per heavy atom. The number of hydrogen-bond acceptors (Lipinski definition) is 3. The Bertz CT molecular complexity index is 1020. The molecule has 2 aromatic carbocycles. The van der Waals surface area contributed by atoms with Crippen LogP contribution in [0, 0.1) is 11.7 Å². The molecule has 30 heavy (non-hydrogen) atoms. The Kier molecular flexibility index (Phi) is 6.23. The Morgan fingerprint density at radius 1 is 1.13 bits per heavy atom. The van der Waals surface area contributed by atoms with Crippen LogP contribution >= 0.6 is 0 Å². The van der Waals surface area contributed by atoms with Crippen molar-refractivity contribution in [1.82, 2.24) is 20.0 Å². The van der Waals surface area contributed by atoms with Gasteiger partial charge in [-0.15, -0.1) is 0 Å². The molecule has 0 aliphatic carbocycles. The minimum Gasteiger partial charge on any atom is -0.347 e. The molecule has 1 N–H and O–H groups in total. The van der Waals surface area contributed by atoms with E-state index in [1.54, 1.807) is 30.5 Å². The number of hydrogen-bond donors (Lipinski definition) is 1. The molecular weight excluding hydrogens is 379 g/mol. The van der Waals surface area contributed by atoms with E-state index >= 15 is 0 Å². The highest BCUT2D eigenvalue weighted by Crippen LogP contribution is 2.19. The van der Waals surface area contributed by atoms with Crippen molar-refractivity contribution in [2.45, 2.75) is 32.9 Å². The van der Waals surface area contributed by atoms with E-state index in [4.69, 9.17) is 0 Å². The number of rotatable bonds is 6. The second-order valence-electron chi connectivity index (χ2n) is 8.03. The van der Waals surface area contributed by atoms with E-state index in [0.717, 1.165) is 31.1 Å². The SMILES string of the molecule is CC1CCCN(Cc2ccccc2CNC(=O)c2ccn(-c3ccccc3F)n2)C1. The van der Waals surface area contributed by atoms with Gasteiger partial charge in [0.05, 0.1) is 0 Å². The van der Waals surface area contributed by atoms with Crippen molar-refractivity contribution in [3.8, 4) is 5.69 Å². The van der Waals surface area contributed by atoms with Crippen molar-refractivity contribution >= 4 is 5.91 Å². The fourth-order valence-corrected chi connectivity index (χ4v) is 4.04. The van der Waals surface area contributed by atoms with Crippen molar-refractivity contribution in [2.24, 2.45) is 5.92 Å². The van der Waals surface area contributed by atoms with Crippen molar-refractivity contribution in [3.63, 3.8) is 0 Å². The largest absolute Gasteiger partial charge is 0.347 e. The third-order valence-electron chi connectivity index (χ3n) is 5.61. The minimum atomic E-state index is -0.381. The fourth-order valence-electron chi connectivity index (χ4n) is 4.04. The van der Waals surface area contributed by atoms with Crippen LogP contribution in [0.25, 0.3) is 5.69 Å². The number of likely N-dealkylation sites (tertiary alicyclic amines) is 1. The molecule has 1 atom stereocenters. The third-order valence-corrected chi connectivity index (χ3v) is 5.61. The van der Waals surface area contributed by atoms with Crippen LogP contribution in [0.15, 0.2) is 60.8 Å². The van der Waals surface area contributed by atoms with Crippen LogP contribution < -0.4 is 5.32 Å². The molecule has 1 aliphatic rings. The minimum absolute atomic E-state index is 0.264. The van der Waals surface area contributed by atoms with Crippen LogP contribution in [0.1, 0.15) is 41.4 Å². The Hall–Kier alpha value is -2.99. The van der Waals surface area contributed by atoms with Gasteiger partial charge in [-0.2, -0.15) is 5.10 Å². The lowest BCUT2D eigenvalue weighted by molar-refractivity contribution is 0.0945. The van der Waals surface area contributed by atoms with Crippen LogP contribution in [0.3, 0.4) is 0 Å². The first-order valence-electron chi connectivity index (χ1n) is 10.5. The number of aromatic nitrogens is 2. The number of benzene rings is 2. The van der Waals surface area contributed by atoms with Gasteiger partial charge < -0.3 is 5.32 Å². The highest BCUT2D eigenvalue weighted by molar-refractivity contribution is 5.92. The summed E-state index contributed by atoms with van der Waals surface area (Å²) in [5, 5.41) is 7.19. The zero-order valence-electron chi connectivity index (χ0n) is 17.2. The number of nitrogens with one attached hydrogen (secondary N) is 1. The van der Waals surface area contributed by atoms with E-state index in [0.29, 0.717) is 12.2 Å². The number of piperidine rings is 1. The van der Waals surface area contributed by atoms with E-state index in [2.05, 4.69) is 34.4 Å². The van der Waals surface area contributed by atoms with Gasteiger partial charge in [0.15, 0.2) is 5.69 Å². The second kappa shape index (κ2) is 9.22. The normalized spacial score (nSPS) is 17.1. The maximum Gasteiger partial charge on any atom is 0.272 e. The smallest absolute Gasteiger partial charge is 0.272 e. The first kappa shape index (κ1) is 20.3. The van der Waals surface area contributed by atoms with Gasteiger partial charge in [0.2, 0.25) is 0 Å². The molecule has 5 nitrogen and oxygen atoms in total. The summed E-state index contributed by atoms with van der Waals surface area (Å²) in [5.74, 6) is 0.0789. The fraction of sp³-hybridized carbons (Fsp3) is 0.333. The van der Waals surface area contributed by atoms with Gasteiger partial charge in [0.1, 0.15) is 11.5 Å². The number of amides is 1. The summed E-state index contributed by atoms with van der Waals surface area (Å²) in [5.41, 5.74) is 2.93. The quantitative estimate of drug-likeness (QED) is 0.668. The number of para-hydroxylation sites is 1. The maximum absolute atomic E-state index is 14.0. The number of carbonyl (C=O) groups is 1. The van der Waals surface area contributed by atoms with Crippen LogP contribution in [0.5, 0.6) is 0 Å². The van der Waals surface area contributed by atoms with Crippen LogP contribution in [0.4, 0.5) is 4.39 Å². The van der Waals surface area contributed by atoms with E-state index in [9.17, 15) is 9.18 Å². The summed E-state index contributed by atoms with van der Waals surface area (Å²) < 4.78 is 15.3. The molecule has 0 radical (unpaired) electrons. The third kappa shape index (κ3) is 4.76. The summed E-state index contributed by atoms with van der Waals surface area (Å²) in [6.07, 6.45) is 4.14. The molecule has 1 unspecified atom stereocenters. The highest BCUT2D eigenvalue weighted by Gasteiger charge is 2.18. The predicted molar refractivity (Wildman–Crippen MR) is 115 cm³/mol. The molecule has 0 saturated carbocycles. The van der Waals surface area contributed by atoms with Crippen molar-refractivity contribution in [3.05, 3.63) is 83.4 Å². The van der Waals surface area contributed by atoms with E-state index in [1.807, 2.05) is 12.1 Å².